The third-order valence-electron chi connectivity index (χ3n) is 7.12. The number of allylic oxidation sites excluding steroid dienone is 2. The highest BCUT2D eigenvalue weighted by atomic mass is 35.5. The van der Waals surface area contributed by atoms with Gasteiger partial charge in [0, 0.05) is 66.5 Å². The third kappa shape index (κ3) is 4.38. The van der Waals surface area contributed by atoms with E-state index < -0.39 is 0 Å². The third-order valence-corrected chi connectivity index (χ3v) is 8.63. The monoisotopic (exact) mass is 488 g/mol. The minimum Gasteiger partial charge on any atom is -0.383 e. The van der Waals surface area contributed by atoms with Gasteiger partial charge in [-0.3, -0.25) is 14.8 Å². The molecule has 2 aromatic carbocycles. The van der Waals surface area contributed by atoms with Crippen LogP contribution in [0.1, 0.15) is 24.4 Å². The molecule has 3 aromatic rings. The average Bonchev–Trinajstić information content (AvgIpc) is 2.87. The number of rotatable bonds is 5. The van der Waals surface area contributed by atoms with Crippen molar-refractivity contribution in [3.63, 3.8) is 0 Å². The molecule has 1 aliphatic carbocycles. The molecule has 6 heteroatoms. The number of pyridine rings is 1. The van der Waals surface area contributed by atoms with E-state index in [1.165, 1.54) is 28.9 Å². The van der Waals surface area contributed by atoms with E-state index in [1.54, 1.807) is 4.91 Å². The second kappa shape index (κ2) is 9.74. The number of hydrogen-bond donors (Lipinski definition) is 1. The summed E-state index contributed by atoms with van der Waals surface area (Å²) in [4.78, 5) is 12.7. The summed E-state index contributed by atoms with van der Waals surface area (Å²) in [7, 11) is 0. The molecular formula is C28H29ClN4S. The maximum Gasteiger partial charge on any atom is 0.0737 e. The van der Waals surface area contributed by atoms with Gasteiger partial charge in [-0.2, -0.15) is 0 Å². The van der Waals surface area contributed by atoms with E-state index in [0.29, 0.717) is 6.04 Å². The molecule has 0 saturated carbocycles. The molecule has 0 radical (unpaired) electrons. The van der Waals surface area contributed by atoms with Crippen LogP contribution >= 0.6 is 23.4 Å². The van der Waals surface area contributed by atoms with Crippen molar-refractivity contribution in [3.05, 3.63) is 87.9 Å². The number of nitrogens with one attached hydrogen (secondary N) is 1. The lowest BCUT2D eigenvalue weighted by Gasteiger charge is -2.43. The highest BCUT2D eigenvalue weighted by molar-refractivity contribution is 8.03. The number of nitrogens with zero attached hydrogens (tertiary/aromatic N) is 3. The zero-order valence-electron chi connectivity index (χ0n) is 19.2. The Bertz CT molecular complexity index is 1260. The van der Waals surface area contributed by atoms with Gasteiger partial charge in [0.15, 0.2) is 0 Å². The SMILES string of the molecule is Clc1ccc2c(NCCN3CCN(C4C5=C(CCC=C5)Sc5ccccc54)CC3)ccnc2c1. The summed E-state index contributed by atoms with van der Waals surface area (Å²) in [5, 5.41) is 5.47. The molecule has 3 heterocycles. The number of fused-ring (bicyclic) bond motifs is 2. The van der Waals surface area contributed by atoms with Gasteiger partial charge in [-0.05, 0) is 59.2 Å². The largest absolute Gasteiger partial charge is 0.383 e. The van der Waals surface area contributed by atoms with Crippen LogP contribution in [0, 0.1) is 0 Å². The first-order valence-corrected chi connectivity index (χ1v) is 13.4. The molecule has 174 valence electrons. The molecule has 4 nitrogen and oxygen atoms in total. The molecule has 1 unspecified atom stereocenters. The number of thioether (sulfide) groups is 1. The van der Waals surface area contributed by atoms with Crippen LogP contribution < -0.4 is 5.32 Å². The van der Waals surface area contributed by atoms with Crippen molar-refractivity contribution in [3.8, 4) is 0 Å². The second-order valence-electron chi connectivity index (χ2n) is 9.19. The Balaban J connectivity index is 1.09. The van der Waals surface area contributed by atoms with Crippen LogP contribution in [0.2, 0.25) is 5.02 Å². The Morgan fingerprint density at radius 3 is 2.85 bits per heavy atom. The van der Waals surface area contributed by atoms with Crippen molar-refractivity contribution >= 4 is 40.0 Å². The zero-order valence-corrected chi connectivity index (χ0v) is 20.8. The van der Waals surface area contributed by atoms with Crippen molar-refractivity contribution in [1.29, 1.82) is 0 Å². The maximum atomic E-state index is 6.13. The van der Waals surface area contributed by atoms with E-state index in [-0.39, 0.29) is 0 Å². The second-order valence-corrected chi connectivity index (χ2v) is 10.8. The molecule has 0 spiro atoms. The van der Waals surface area contributed by atoms with E-state index >= 15 is 0 Å². The quantitative estimate of drug-likeness (QED) is 0.451. The van der Waals surface area contributed by atoms with Crippen LogP contribution in [0.4, 0.5) is 5.69 Å². The molecule has 1 aromatic heterocycles. The van der Waals surface area contributed by atoms with Crippen molar-refractivity contribution in [1.82, 2.24) is 14.8 Å². The highest BCUT2D eigenvalue weighted by Gasteiger charge is 2.33. The molecule has 34 heavy (non-hydrogen) atoms. The summed E-state index contributed by atoms with van der Waals surface area (Å²) in [5.74, 6) is 0. The number of anilines is 1. The van der Waals surface area contributed by atoms with Gasteiger partial charge in [-0.25, -0.2) is 0 Å². The molecule has 0 amide bonds. The number of hydrogen-bond acceptors (Lipinski definition) is 5. The number of piperazine rings is 1. The Kier molecular flexibility index (Phi) is 6.35. The Labute approximate surface area is 210 Å². The van der Waals surface area contributed by atoms with E-state index in [4.69, 9.17) is 11.6 Å². The number of aromatic nitrogens is 1. The van der Waals surface area contributed by atoms with Crippen LogP contribution in [0.5, 0.6) is 0 Å². The van der Waals surface area contributed by atoms with E-state index in [9.17, 15) is 0 Å². The summed E-state index contributed by atoms with van der Waals surface area (Å²) >= 11 is 8.12. The van der Waals surface area contributed by atoms with Crippen molar-refractivity contribution in [2.45, 2.75) is 23.8 Å². The molecule has 3 aliphatic rings. The first kappa shape index (κ1) is 22.2. The lowest BCUT2D eigenvalue weighted by molar-refractivity contribution is 0.111. The zero-order chi connectivity index (χ0) is 22.9. The predicted molar refractivity (Wildman–Crippen MR) is 144 cm³/mol. The molecule has 1 N–H and O–H groups in total. The van der Waals surface area contributed by atoms with Crippen molar-refractivity contribution < 1.29 is 0 Å². The average molecular weight is 489 g/mol. The van der Waals surface area contributed by atoms with Crippen LogP contribution in [-0.4, -0.2) is 54.1 Å². The van der Waals surface area contributed by atoms with Gasteiger partial charge in [0.1, 0.15) is 0 Å². The summed E-state index contributed by atoms with van der Waals surface area (Å²) in [6.07, 6.45) is 8.96. The van der Waals surface area contributed by atoms with Crippen LogP contribution in [-0.2, 0) is 0 Å². The molecule has 0 bridgehead atoms. The van der Waals surface area contributed by atoms with Gasteiger partial charge in [0.25, 0.3) is 0 Å². The minimum atomic E-state index is 0.402. The van der Waals surface area contributed by atoms with Gasteiger partial charge < -0.3 is 5.32 Å². The smallest absolute Gasteiger partial charge is 0.0737 e. The topological polar surface area (TPSA) is 31.4 Å². The number of halogens is 1. The van der Waals surface area contributed by atoms with Gasteiger partial charge in [0.2, 0.25) is 0 Å². The normalized spacial score (nSPS) is 20.9. The standard InChI is InChI=1S/C28H29ClN4S/c29-20-9-10-21-24(11-12-30-25(21)19-20)31-13-14-32-15-17-33(18-16-32)28-22-5-1-3-7-26(22)34-27-8-4-2-6-23(27)28/h1-3,5-7,9-12,19,28H,4,8,13-18H2,(H,30,31). The Morgan fingerprint density at radius 1 is 1.06 bits per heavy atom. The maximum absolute atomic E-state index is 6.13. The fourth-order valence-corrected chi connectivity index (χ4v) is 6.77. The first-order valence-electron chi connectivity index (χ1n) is 12.2. The van der Waals surface area contributed by atoms with Gasteiger partial charge in [-0.1, -0.05) is 53.7 Å². The summed E-state index contributed by atoms with van der Waals surface area (Å²) < 4.78 is 0. The molecule has 2 aliphatic heterocycles. The van der Waals surface area contributed by atoms with E-state index in [1.807, 2.05) is 30.1 Å². The van der Waals surface area contributed by atoms with Gasteiger partial charge in [0.05, 0.1) is 11.6 Å². The van der Waals surface area contributed by atoms with Crippen LogP contribution in [0.25, 0.3) is 10.9 Å². The Hall–Kier alpha value is -2.31. The predicted octanol–water partition coefficient (Wildman–Crippen LogP) is 6.37. The van der Waals surface area contributed by atoms with Gasteiger partial charge >= 0.3 is 0 Å². The van der Waals surface area contributed by atoms with Crippen LogP contribution in [0.15, 0.2) is 82.3 Å². The van der Waals surface area contributed by atoms with E-state index in [0.717, 1.165) is 60.9 Å². The van der Waals surface area contributed by atoms with E-state index in [2.05, 4.69) is 68.7 Å². The molecule has 1 atom stereocenters. The lowest BCUT2D eigenvalue weighted by Crippen LogP contribution is -2.49. The minimum absolute atomic E-state index is 0.402. The molecule has 1 fully saturated rings. The fraction of sp³-hybridized carbons (Fsp3) is 0.321. The molecule has 1 saturated heterocycles. The van der Waals surface area contributed by atoms with Crippen molar-refractivity contribution in [2.24, 2.45) is 0 Å². The highest BCUT2D eigenvalue weighted by Crippen LogP contribution is 2.49. The summed E-state index contributed by atoms with van der Waals surface area (Å²) in [5.41, 5.74) is 5.08. The van der Waals surface area contributed by atoms with Crippen LogP contribution in [0.3, 0.4) is 0 Å². The fourth-order valence-electron chi connectivity index (χ4n) is 5.38. The Morgan fingerprint density at radius 2 is 1.94 bits per heavy atom. The van der Waals surface area contributed by atoms with Crippen molar-refractivity contribution in [2.75, 3.05) is 44.6 Å². The number of benzene rings is 2. The molecule has 6 rings (SSSR count). The summed E-state index contributed by atoms with van der Waals surface area (Å²) in [6.45, 7) is 6.37. The van der Waals surface area contributed by atoms with Gasteiger partial charge in [-0.15, -0.1) is 0 Å². The first-order chi connectivity index (χ1) is 16.8. The molecular weight excluding hydrogens is 460 g/mol. The summed E-state index contributed by atoms with van der Waals surface area (Å²) in [6, 6.07) is 17.4. The lowest BCUT2D eigenvalue weighted by atomic mass is 9.91.